The van der Waals surface area contributed by atoms with E-state index in [9.17, 15) is 5.11 Å². The van der Waals surface area contributed by atoms with Gasteiger partial charge in [0.25, 0.3) is 0 Å². The maximum Gasteiger partial charge on any atom is 0.120 e. The van der Waals surface area contributed by atoms with Crippen molar-refractivity contribution < 1.29 is 9.52 Å². The molecule has 4 heteroatoms. The Balaban J connectivity index is 2.00. The second kappa shape index (κ2) is 6.24. The molecule has 0 bridgehead atoms. The number of aliphatic hydroxyl groups excluding tert-OH is 1. The molecule has 2 rings (SSSR count). The van der Waals surface area contributed by atoms with Crippen molar-refractivity contribution in [2.75, 3.05) is 13.6 Å². The molecule has 0 spiro atoms. The number of hydrogen-bond donors (Lipinski definition) is 1. The van der Waals surface area contributed by atoms with Gasteiger partial charge in [0.05, 0.1) is 18.4 Å². The Bertz CT molecular complexity index is 513. The fourth-order valence-corrected chi connectivity index (χ4v) is 2.20. The van der Waals surface area contributed by atoms with Gasteiger partial charge in [-0.3, -0.25) is 4.90 Å². The van der Waals surface area contributed by atoms with E-state index in [2.05, 4.69) is 0 Å². The molecule has 0 saturated carbocycles. The average Bonchev–Trinajstić information content (AvgIpc) is 2.91. The van der Waals surface area contributed by atoms with E-state index in [0.717, 1.165) is 11.3 Å². The minimum absolute atomic E-state index is 0.115. The summed E-state index contributed by atoms with van der Waals surface area (Å²) in [6.07, 6.45) is 1.09. The lowest BCUT2D eigenvalue weighted by atomic mass is 10.1. The van der Waals surface area contributed by atoms with Crippen molar-refractivity contribution in [2.24, 2.45) is 0 Å². The standard InChI is InChI=1S/C15H18ClNO2/c1-11(15-7-4-8-19-15)17(2)10-14(18)12-5-3-6-13(16)9-12/h3-9,11,14,18H,10H2,1-2H3. The summed E-state index contributed by atoms with van der Waals surface area (Å²) in [4.78, 5) is 2.05. The van der Waals surface area contributed by atoms with Crippen molar-refractivity contribution in [1.82, 2.24) is 4.90 Å². The van der Waals surface area contributed by atoms with E-state index in [1.54, 1.807) is 18.4 Å². The zero-order chi connectivity index (χ0) is 13.8. The number of halogens is 1. The third-order valence-corrected chi connectivity index (χ3v) is 3.55. The van der Waals surface area contributed by atoms with Gasteiger partial charge in [-0.25, -0.2) is 0 Å². The molecule has 0 saturated heterocycles. The predicted molar refractivity (Wildman–Crippen MR) is 76.2 cm³/mol. The van der Waals surface area contributed by atoms with Gasteiger partial charge in [-0.15, -0.1) is 0 Å². The number of rotatable bonds is 5. The number of likely N-dealkylation sites (N-methyl/N-ethyl adjacent to an activating group) is 1. The summed E-state index contributed by atoms with van der Waals surface area (Å²) < 4.78 is 5.38. The van der Waals surface area contributed by atoms with Crippen molar-refractivity contribution in [3.8, 4) is 0 Å². The first-order valence-electron chi connectivity index (χ1n) is 6.25. The Labute approximate surface area is 118 Å². The van der Waals surface area contributed by atoms with Crippen molar-refractivity contribution >= 4 is 11.6 Å². The topological polar surface area (TPSA) is 36.6 Å². The first-order valence-corrected chi connectivity index (χ1v) is 6.63. The molecule has 2 aromatic rings. The SMILES string of the molecule is CC(c1ccco1)N(C)CC(O)c1cccc(Cl)c1. The number of hydrogen-bond acceptors (Lipinski definition) is 3. The van der Waals surface area contributed by atoms with Gasteiger partial charge in [0, 0.05) is 11.6 Å². The van der Waals surface area contributed by atoms with Gasteiger partial charge < -0.3 is 9.52 Å². The molecule has 0 aliphatic carbocycles. The van der Waals surface area contributed by atoms with E-state index in [-0.39, 0.29) is 6.04 Å². The van der Waals surface area contributed by atoms with Crippen LogP contribution in [0.5, 0.6) is 0 Å². The van der Waals surface area contributed by atoms with E-state index >= 15 is 0 Å². The molecule has 2 atom stereocenters. The fraction of sp³-hybridized carbons (Fsp3) is 0.333. The third kappa shape index (κ3) is 3.60. The van der Waals surface area contributed by atoms with Gasteiger partial charge in [0.1, 0.15) is 5.76 Å². The summed E-state index contributed by atoms with van der Waals surface area (Å²) in [5.74, 6) is 0.890. The molecule has 0 amide bonds. The highest BCUT2D eigenvalue weighted by Crippen LogP contribution is 2.23. The number of furan rings is 1. The molecule has 2 unspecified atom stereocenters. The maximum atomic E-state index is 10.2. The van der Waals surface area contributed by atoms with E-state index < -0.39 is 6.10 Å². The number of nitrogens with zero attached hydrogens (tertiary/aromatic N) is 1. The molecule has 19 heavy (non-hydrogen) atoms. The first-order chi connectivity index (χ1) is 9.08. The molecule has 0 fully saturated rings. The summed E-state index contributed by atoms with van der Waals surface area (Å²) in [6, 6.07) is 11.2. The Hall–Kier alpha value is -1.29. The lowest BCUT2D eigenvalue weighted by Crippen LogP contribution is -2.27. The second-order valence-electron chi connectivity index (χ2n) is 4.70. The lowest BCUT2D eigenvalue weighted by molar-refractivity contribution is 0.102. The van der Waals surface area contributed by atoms with Crippen LogP contribution in [0.25, 0.3) is 0 Å². The molecule has 3 nitrogen and oxygen atoms in total. The Morgan fingerprint density at radius 1 is 1.32 bits per heavy atom. The van der Waals surface area contributed by atoms with Crippen LogP contribution >= 0.6 is 11.6 Å². The normalized spacial score (nSPS) is 14.6. The van der Waals surface area contributed by atoms with Crippen LogP contribution in [0.15, 0.2) is 47.1 Å². The van der Waals surface area contributed by atoms with Crippen LogP contribution in [0.2, 0.25) is 5.02 Å². The highest BCUT2D eigenvalue weighted by molar-refractivity contribution is 6.30. The zero-order valence-corrected chi connectivity index (χ0v) is 11.8. The lowest BCUT2D eigenvalue weighted by Gasteiger charge is -2.25. The molecule has 0 radical (unpaired) electrons. The molecule has 0 aliphatic heterocycles. The van der Waals surface area contributed by atoms with Crippen molar-refractivity contribution in [2.45, 2.75) is 19.1 Å². The van der Waals surface area contributed by atoms with Crippen LogP contribution in [0, 0.1) is 0 Å². The van der Waals surface area contributed by atoms with Crippen LogP contribution in [0.1, 0.15) is 30.4 Å². The molecular weight excluding hydrogens is 262 g/mol. The quantitative estimate of drug-likeness (QED) is 0.907. The number of benzene rings is 1. The first kappa shape index (κ1) is 14.1. The van der Waals surface area contributed by atoms with Gasteiger partial charge in [-0.1, -0.05) is 23.7 Å². The largest absolute Gasteiger partial charge is 0.468 e. The van der Waals surface area contributed by atoms with E-state index in [4.69, 9.17) is 16.0 Å². The summed E-state index contributed by atoms with van der Waals surface area (Å²) in [6.45, 7) is 2.56. The third-order valence-electron chi connectivity index (χ3n) is 3.31. The van der Waals surface area contributed by atoms with E-state index in [0.29, 0.717) is 11.6 Å². The summed E-state index contributed by atoms with van der Waals surface area (Å²) in [5.41, 5.74) is 0.825. The summed E-state index contributed by atoms with van der Waals surface area (Å²) in [7, 11) is 1.96. The Morgan fingerprint density at radius 3 is 2.74 bits per heavy atom. The molecule has 102 valence electrons. The number of aliphatic hydroxyl groups is 1. The van der Waals surface area contributed by atoms with Crippen molar-refractivity contribution in [1.29, 1.82) is 0 Å². The molecule has 1 N–H and O–H groups in total. The monoisotopic (exact) mass is 279 g/mol. The van der Waals surface area contributed by atoms with E-state index in [1.807, 2.05) is 43.1 Å². The van der Waals surface area contributed by atoms with Gasteiger partial charge >= 0.3 is 0 Å². The van der Waals surface area contributed by atoms with Crippen molar-refractivity contribution in [3.63, 3.8) is 0 Å². The van der Waals surface area contributed by atoms with E-state index in [1.165, 1.54) is 0 Å². The van der Waals surface area contributed by atoms with Gasteiger partial charge in [0.2, 0.25) is 0 Å². The van der Waals surface area contributed by atoms with Crippen LogP contribution in [-0.4, -0.2) is 23.6 Å². The van der Waals surface area contributed by atoms with Crippen LogP contribution in [-0.2, 0) is 0 Å². The highest BCUT2D eigenvalue weighted by atomic mass is 35.5. The summed E-state index contributed by atoms with van der Waals surface area (Å²) in [5, 5.41) is 10.9. The molecular formula is C15H18ClNO2. The highest BCUT2D eigenvalue weighted by Gasteiger charge is 2.18. The second-order valence-corrected chi connectivity index (χ2v) is 5.14. The fourth-order valence-electron chi connectivity index (χ4n) is 2.00. The van der Waals surface area contributed by atoms with Crippen LogP contribution in [0.4, 0.5) is 0 Å². The molecule has 0 aliphatic rings. The van der Waals surface area contributed by atoms with Gasteiger partial charge in [-0.2, -0.15) is 0 Å². The van der Waals surface area contributed by atoms with Gasteiger partial charge in [0.15, 0.2) is 0 Å². The van der Waals surface area contributed by atoms with Crippen molar-refractivity contribution in [3.05, 3.63) is 59.0 Å². The minimum Gasteiger partial charge on any atom is -0.468 e. The van der Waals surface area contributed by atoms with Gasteiger partial charge in [-0.05, 0) is 43.8 Å². The smallest absolute Gasteiger partial charge is 0.120 e. The maximum absolute atomic E-state index is 10.2. The molecule has 1 heterocycles. The average molecular weight is 280 g/mol. The minimum atomic E-state index is -0.568. The molecule has 1 aromatic heterocycles. The zero-order valence-electron chi connectivity index (χ0n) is 11.1. The predicted octanol–water partition coefficient (Wildman–Crippen LogP) is 3.66. The molecule has 1 aromatic carbocycles. The Kier molecular flexibility index (Phi) is 4.64. The Morgan fingerprint density at radius 2 is 2.11 bits per heavy atom. The van der Waals surface area contributed by atoms with Crippen LogP contribution in [0.3, 0.4) is 0 Å². The summed E-state index contributed by atoms with van der Waals surface area (Å²) >= 11 is 5.93. The van der Waals surface area contributed by atoms with Crippen LogP contribution < -0.4 is 0 Å².